The second-order valence-corrected chi connectivity index (χ2v) is 20.2. The van der Waals surface area contributed by atoms with Crippen LogP contribution in [0.25, 0.3) is 0 Å². The van der Waals surface area contributed by atoms with Crippen LogP contribution in [0.4, 0.5) is 21.0 Å². The minimum atomic E-state index is -5.91. The van der Waals surface area contributed by atoms with E-state index in [9.17, 15) is 21.0 Å². The van der Waals surface area contributed by atoms with Gasteiger partial charge in [0.2, 0.25) is 5.11 Å². The molecule has 1 unspecified atom stereocenters. The zero-order chi connectivity index (χ0) is 16.0. The molecule has 0 saturated carbocycles. The van der Waals surface area contributed by atoms with Gasteiger partial charge in [0.1, 0.15) is 0 Å². The van der Waals surface area contributed by atoms with Gasteiger partial charge < -0.3 is 0 Å². The molecule has 0 aliphatic carbocycles. The summed E-state index contributed by atoms with van der Waals surface area (Å²) >= 11 is 26.7. The molecular formula is Cl5F5N5P5. The maximum atomic E-state index is 14.0. The van der Waals surface area contributed by atoms with Crippen molar-refractivity contribution in [2.45, 2.75) is 0 Å². The van der Waals surface area contributed by atoms with E-state index in [0.717, 1.165) is 0 Å². The number of halogens is 10. The summed E-state index contributed by atoms with van der Waals surface area (Å²) in [6, 6.07) is 0. The van der Waals surface area contributed by atoms with Crippen molar-refractivity contribution >= 4 is 90.5 Å². The number of hydrogen-bond donors (Lipinski definition) is 0. The molecule has 0 spiro atoms. The first-order chi connectivity index (χ1) is 8.54. The maximum absolute atomic E-state index is 14.0. The van der Waals surface area contributed by atoms with E-state index in [2.05, 4.69) is 18.1 Å². The van der Waals surface area contributed by atoms with Crippen LogP contribution in [0.1, 0.15) is 0 Å². The van der Waals surface area contributed by atoms with Crippen molar-refractivity contribution in [3.63, 3.8) is 0 Å². The predicted octanol–water partition coefficient (Wildman–Crippen LogP) is 10.8. The van der Waals surface area contributed by atoms with Crippen LogP contribution >= 0.6 is 90.5 Å². The Bertz CT molecular complexity index is 669. The van der Waals surface area contributed by atoms with Crippen LogP contribution in [-0.4, -0.2) is 0 Å². The van der Waals surface area contributed by atoms with E-state index in [1.165, 1.54) is 0 Å². The van der Waals surface area contributed by atoms with Crippen LogP contribution in [0.3, 0.4) is 0 Å². The van der Waals surface area contributed by atoms with Gasteiger partial charge in [-0.25, -0.2) is 0 Å². The molecule has 120 valence electrons. The van der Waals surface area contributed by atoms with E-state index in [1.807, 2.05) is 4.52 Å². The summed E-state index contributed by atoms with van der Waals surface area (Å²) in [5.41, 5.74) is 0. The molecule has 0 bridgehead atoms. The van der Waals surface area contributed by atoms with Crippen molar-refractivity contribution in [3.8, 4) is 0 Å². The zero-order valence-corrected chi connectivity index (χ0v) is 16.5. The highest BCUT2D eigenvalue weighted by Crippen LogP contribution is 2.86. The lowest BCUT2D eigenvalue weighted by molar-refractivity contribution is 0.697. The summed E-state index contributed by atoms with van der Waals surface area (Å²) in [6.07, 6.45) is 0. The van der Waals surface area contributed by atoms with Crippen molar-refractivity contribution in [3.05, 3.63) is 0 Å². The van der Waals surface area contributed by atoms with Gasteiger partial charge in [-0.1, -0.05) is 0 Å². The largest absolute Gasteiger partial charge is 0.424 e. The lowest BCUT2D eigenvalue weighted by Gasteiger charge is -2.14. The van der Waals surface area contributed by atoms with Gasteiger partial charge in [0.15, 0.2) is 0 Å². The van der Waals surface area contributed by atoms with E-state index in [1.54, 1.807) is 0 Å². The first-order valence-corrected chi connectivity index (χ1v) is 16.1. The Hall–Kier alpha value is 2.25. The SMILES string of the molecule is FP1(F)=NP(F)(F)=NP(F)(N=P(Cl)(Cl)N=P(Cl)(Cl)Cl)=N1. The van der Waals surface area contributed by atoms with Crippen LogP contribution in [-0.2, 0) is 0 Å². The molecule has 0 amide bonds. The molecule has 0 fully saturated rings. The molecule has 5 nitrogen and oxygen atoms in total. The third-order valence-electron chi connectivity index (χ3n) is 1.09. The molecule has 0 aromatic rings. The minimum absolute atomic E-state index is 1.82. The average molecular weight is 497 g/mol. The topological polar surface area (TPSA) is 61.8 Å². The molecule has 0 aromatic heterocycles. The standard InChI is InChI=1S/Cl5F5N5P5/c1-16(2,3)11-17(4,5)12-20(10)14-18(6,7)13-19(8,9)15-20. The summed E-state index contributed by atoms with van der Waals surface area (Å²) in [6.45, 7) is 0. The molecule has 0 radical (unpaired) electrons. The van der Waals surface area contributed by atoms with Crippen molar-refractivity contribution in [2.24, 2.45) is 22.6 Å². The predicted molar refractivity (Wildman–Crippen MR) is 81.5 cm³/mol. The van der Waals surface area contributed by atoms with Gasteiger partial charge in [-0.3, -0.25) is 0 Å². The van der Waals surface area contributed by atoms with Gasteiger partial charge in [0, 0.05) is 0 Å². The smallest absolute Gasteiger partial charge is 0.191 e. The quantitative estimate of drug-likeness (QED) is 0.269. The molecule has 0 N–H and O–H groups in total. The molecule has 0 aromatic carbocycles. The summed E-state index contributed by atoms with van der Waals surface area (Å²) in [5.74, 6) is -4.15. The Morgan fingerprint density at radius 1 is 0.750 bits per heavy atom. The second-order valence-electron chi connectivity index (χ2n) is 2.73. The highest BCUT2D eigenvalue weighted by atomic mass is 36.0. The Labute approximate surface area is 134 Å². The van der Waals surface area contributed by atoms with Gasteiger partial charge in [-0.2, -0.15) is 13.2 Å². The van der Waals surface area contributed by atoms with Crippen LogP contribution in [0, 0.1) is 0 Å². The molecule has 20 heteroatoms. The average Bonchev–Trinajstić information content (AvgIpc) is 1.83. The molecule has 1 rings (SSSR count). The van der Waals surface area contributed by atoms with Crippen molar-refractivity contribution in [1.82, 2.24) is 0 Å². The molecule has 20 heavy (non-hydrogen) atoms. The third-order valence-corrected chi connectivity index (χ3v) is 14.1. The highest BCUT2D eigenvalue weighted by Gasteiger charge is 2.40. The number of rotatable bonds is 2. The fraction of sp³-hybridized carbons (Fsp3) is 0. The molecule has 1 aliphatic heterocycles. The van der Waals surface area contributed by atoms with Gasteiger partial charge in [-0.05, 0) is 56.2 Å². The van der Waals surface area contributed by atoms with Gasteiger partial charge in [0.25, 0.3) is 5.91 Å². The van der Waals surface area contributed by atoms with E-state index in [0.29, 0.717) is 0 Å². The summed E-state index contributed by atoms with van der Waals surface area (Å²) in [5, 5.41) is -3.58. The maximum Gasteiger partial charge on any atom is 0.424 e. The van der Waals surface area contributed by atoms with Gasteiger partial charge >= 0.3 is 23.3 Å². The van der Waals surface area contributed by atoms with E-state index in [-0.39, 0.29) is 0 Å². The van der Waals surface area contributed by atoms with Gasteiger partial charge in [-0.15, -0.1) is 30.3 Å². The highest BCUT2D eigenvalue weighted by molar-refractivity contribution is 8.29. The second kappa shape index (κ2) is 6.28. The molecule has 1 atom stereocenters. The monoisotopic (exact) mass is 495 g/mol. The fourth-order valence-corrected chi connectivity index (χ4v) is 16.7. The number of nitrogens with zero attached hydrogens (tertiary/aromatic N) is 5. The first-order valence-electron chi connectivity index (χ1n) is 3.69. The molecular weight excluding hydrogens is 497 g/mol. The number of hydrogen-bond acceptors (Lipinski definition) is 4. The minimum Gasteiger partial charge on any atom is -0.191 e. The van der Waals surface area contributed by atoms with E-state index >= 15 is 0 Å². The van der Waals surface area contributed by atoms with Crippen LogP contribution in [0.15, 0.2) is 22.6 Å². The van der Waals surface area contributed by atoms with Crippen molar-refractivity contribution in [1.29, 1.82) is 0 Å². The van der Waals surface area contributed by atoms with Crippen LogP contribution in [0.5, 0.6) is 0 Å². The van der Waals surface area contributed by atoms with E-state index in [4.69, 9.17) is 56.2 Å². The lowest BCUT2D eigenvalue weighted by Crippen LogP contribution is -1.71. The first kappa shape index (κ1) is 20.3. The van der Waals surface area contributed by atoms with Crippen molar-refractivity contribution < 1.29 is 21.0 Å². The Kier molecular flexibility index (Phi) is 6.37. The van der Waals surface area contributed by atoms with Gasteiger partial charge in [0.05, 0.1) is 0 Å². The zero-order valence-electron chi connectivity index (χ0n) is 8.25. The normalized spacial score (nSPS) is 28.7. The third kappa shape index (κ3) is 7.21. The summed E-state index contributed by atoms with van der Waals surface area (Å²) < 4.78 is 77.8. The van der Waals surface area contributed by atoms with Crippen LogP contribution < -0.4 is 0 Å². The van der Waals surface area contributed by atoms with Crippen LogP contribution in [0.2, 0.25) is 0 Å². The molecule has 1 aliphatic rings. The summed E-state index contributed by atoms with van der Waals surface area (Å²) in [4.78, 5) is 0. The fourth-order valence-electron chi connectivity index (χ4n) is 0.770. The summed E-state index contributed by atoms with van der Waals surface area (Å²) in [7, 11) is -17.2. The Morgan fingerprint density at radius 3 is 1.60 bits per heavy atom. The van der Waals surface area contributed by atoms with Crippen molar-refractivity contribution in [2.75, 3.05) is 0 Å². The molecule has 1 heterocycles. The Balaban J connectivity index is 3.61. The molecule has 0 saturated heterocycles. The lowest BCUT2D eigenvalue weighted by atomic mass is 13.8. The van der Waals surface area contributed by atoms with E-state index < -0.39 is 34.3 Å². The Morgan fingerprint density at radius 2 is 1.20 bits per heavy atom.